The van der Waals surface area contributed by atoms with Crippen molar-refractivity contribution in [3.05, 3.63) is 47.5 Å². The summed E-state index contributed by atoms with van der Waals surface area (Å²) in [5.74, 6) is -3.52. The van der Waals surface area contributed by atoms with Crippen molar-refractivity contribution >= 4 is 35.2 Å². The van der Waals surface area contributed by atoms with Crippen LogP contribution in [0, 0.1) is 28.6 Å². The van der Waals surface area contributed by atoms with E-state index in [4.69, 9.17) is 4.74 Å². The first-order valence-corrected chi connectivity index (χ1v) is 15.5. The third-order valence-electron chi connectivity index (χ3n) is 11.1. The Morgan fingerprint density at radius 1 is 1.02 bits per heavy atom. The number of rotatable bonds is 10. The molecule has 1 amide bonds. The van der Waals surface area contributed by atoms with Crippen LogP contribution in [0.5, 0.6) is 0 Å². The second-order valence-electron chi connectivity index (χ2n) is 13.5. The molecule has 0 aromatic heterocycles. The molecule has 1 aromatic rings. The average molecular weight is 608 g/mol. The van der Waals surface area contributed by atoms with Gasteiger partial charge in [0.1, 0.15) is 17.4 Å². The van der Waals surface area contributed by atoms with Crippen molar-refractivity contribution in [2.24, 2.45) is 28.6 Å². The second kappa shape index (κ2) is 12.0. The summed E-state index contributed by atoms with van der Waals surface area (Å²) in [4.78, 5) is 75.7. The van der Waals surface area contributed by atoms with E-state index < -0.39 is 47.3 Å². The highest BCUT2D eigenvalue weighted by Crippen LogP contribution is 2.66. The number of fused-ring (bicyclic) bond motifs is 5. The Balaban J connectivity index is 1.16. The molecule has 0 saturated heterocycles. The number of ketones is 3. The van der Waals surface area contributed by atoms with Crippen molar-refractivity contribution in [3.8, 4) is 0 Å². The van der Waals surface area contributed by atoms with Gasteiger partial charge < -0.3 is 20.3 Å². The van der Waals surface area contributed by atoms with E-state index in [9.17, 15) is 39.0 Å². The Morgan fingerprint density at radius 3 is 2.45 bits per heavy atom. The number of carbonyl (C=O) groups excluding carboxylic acids is 5. The van der Waals surface area contributed by atoms with Gasteiger partial charge in [-0.05, 0) is 61.0 Å². The molecule has 236 valence electrons. The van der Waals surface area contributed by atoms with Crippen LogP contribution in [-0.4, -0.2) is 63.7 Å². The summed E-state index contributed by atoms with van der Waals surface area (Å²) in [6.07, 6.45) is 4.39. The second-order valence-corrected chi connectivity index (χ2v) is 13.5. The Bertz CT molecular complexity index is 1400. The number of nitrogens with one attached hydrogen (secondary N) is 1. The van der Waals surface area contributed by atoms with Crippen molar-refractivity contribution in [1.82, 2.24) is 5.32 Å². The molecule has 7 atom stereocenters. The van der Waals surface area contributed by atoms with Gasteiger partial charge >= 0.3 is 11.9 Å². The number of hydrogen-bond acceptors (Lipinski definition) is 8. The van der Waals surface area contributed by atoms with Crippen LogP contribution in [-0.2, 0) is 39.9 Å². The molecule has 3 N–H and O–H groups in total. The zero-order valence-corrected chi connectivity index (χ0v) is 25.3. The van der Waals surface area contributed by atoms with Crippen molar-refractivity contribution in [1.29, 1.82) is 0 Å². The van der Waals surface area contributed by atoms with Gasteiger partial charge in [-0.2, -0.15) is 0 Å². The summed E-state index contributed by atoms with van der Waals surface area (Å²) >= 11 is 0. The number of carboxylic acid groups (broad SMARTS) is 1. The van der Waals surface area contributed by atoms with E-state index in [-0.39, 0.29) is 66.8 Å². The standard InChI is InChI=1S/C34H41NO9/c1-32-14-12-22(36)17-21(32)8-9-23-24-13-15-34(43,33(24,2)18-26(37)30(23)32)27(38)19-44-29(40)11-10-28(39)35-25(31(41)42)16-20-6-4-3-5-7-20/h3-7,17,23-25,30,43H,8-16,18-19H2,1-2H3,(H,35,39)(H,41,42)/t23-,24-,25+,30+,32-,33-,34-/m0/s1. The molecule has 10 nitrogen and oxygen atoms in total. The van der Waals surface area contributed by atoms with Gasteiger partial charge in [0.15, 0.2) is 12.4 Å². The maximum absolute atomic E-state index is 13.8. The number of carboxylic acids is 1. The number of benzene rings is 1. The van der Waals surface area contributed by atoms with E-state index in [2.05, 4.69) is 12.2 Å². The van der Waals surface area contributed by atoms with E-state index in [1.54, 1.807) is 43.3 Å². The van der Waals surface area contributed by atoms with E-state index in [0.29, 0.717) is 19.3 Å². The number of aliphatic carboxylic acids is 1. The topological polar surface area (TPSA) is 164 Å². The maximum atomic E-state index is 13.8. The molecule has 0 aliphatic heterocycles. The summed E-state index contributed by atoms with van der Waals surface area (Å²) in [6.45, 7) is 3.20. The van der Waals surface area contributed by atoms with Crippen LogP contribution in [0.1, 0.15) is 77.2 Å². The third-order valence-corrected chi connectivity index (χ3v) is 11.1. The molecule has 3 saturated carbocycles. The van der Waals surface area contributed by atoms with Gasteiger partial charge in [-0.1, -0.05) is 49.8 Å². The molecule has 3 fully saturated rings. The van der Waals surface area contributed by atoms with Crippen LogP contribution in [0.25, 0.3) is 0 Å². The van der Waals surface area contributed by atoms with Crippen LogP contribution in [0.3, 0.4) is 0 Å². The first-order valence-electron chi connectivity index (χ1n) is 15.5. The minimum Gasteiger partial charge on any atom is -0.480 e. The van der Waals surface area contributed by atoms with Crippen molar-refractivity contribution < 1.29 is 43.7 Å². The average Bonchev–Trinajstić information content (AvgIpc) is 3.25. The molecule has 0 radical (unpaired) electrons. The lowest BCUT2D eigenvalue weighted by Gasteiger charge is -2.57. The normalized spacial score (nSPS) is 33.2. The molecule has 4 aliphatic carbocycles. The fourth-order valence-electron chi connectivity index (χ4n) is 8.72. The Kier molecular flexibility index (Phi) is 8.68. The zero-order valence-electron chi connectivity index (χ0n) is 25.3. The zero-order chi connectivity index (χ0) is 31.9. The minimum atomic E-state index is -1.83. The van der Waals surface area contributed by atoms with Gasteiger partial charge in [-0.25, -0.2) is 4.79 Å². The van der Waals surface area contributed by atoms with Crippen LogP contribution in [0.15, 0.2) is 42.0 Å². The quantitative estimate of drug-likeness (QED) is 0.339. The highest BCUT2D eigenvalue weighted by Gasteiger charge is 2.68. The van der Waals surface area contributed by atoms with E-state index >= 15 is 0 Å². The summed E-state index contributed by atoms with van der Waals surface area (Å²) < 4.78 is 5.17. The maximum Gasteiger partial charge on any atom is 0.326 e. The Morgan fingerprint density at radius 2 is 1.75 bits per heavy atom. The van der Waals surface area contributed by atoms with Gasteiger partial charge in [0.25, 0.3) is 0 Å². The van der Waals surface area contributed by atoms with Crippen LogP contribution in [0.2, 0.25) is 0 Å². The first kappa shape index (κ1) is 31.8. The first-order chi connectivity index (χ1) is 20.8. The Labute approximate surface area is 256 Å². The highest BCUT2D eigenvalue weighted by atomic mass is 16.5. The van der Waals surface area contributed by atoms with Crippen LogP contribution in [0.4, 0.5) is 0 Å². The van der Waals surface area contributed by atoms with E-state index in [1.165, 1.54) is 0 Å². The van der Waals surface area contributed by atoms with E-state index in [1.807, 2.05) is 0 Å². The summed E-state index contributed by atoms with van der Waals surface area (Å²) in [6, 6.07) is 7.67. The van der Waals surface area contributed by atoms with Crippen LogP contribution >= 0.6 is 0 Å². The molecular weight excluding hydrogens is 566 g/mol. The fraction of sp³-hybridized carbons (Fsp3) is 0.588. The predicted octanol–water partition coefficient (Wildman–Crippen LogP) is 3.13. The van der Waals surface area contributed by atoms with Crippen molar-refractivity contribution in [3.63, 3.8) is 0 Å². The molecule has 5 rings (SSSR count). The number of carbonyl (C=O) groups is 6. The number of aliphatic hydroxyl groups is 1. The molecule has 44 heavy (non-hydrogen) atoms. The predicted molar refractivity (Wildman–Crippen MR) is 157 cm³/mol. The van der Waals surface area contributed by atoms with Gasteiger partial charge in [0.2, 0.25) is 11.7 Å². The van der Waals surface area contributed by atoms with Gasteiger partial charge in [0, 0.05) is 37.0 Å². The van der Waals surface area contributed by atoms with Crippen molar-refractivity contribution in [2.45, 2.75) is 89.7 Å². The lowest BCUT2D eigenvalue weighted by Crippen LogP contribution is -2.61. The lowest BCUT2D eigenvalue weighted by molar-refractivity contribution is -0.173. The molecular formula is C34H41NO9. The number of ether oxygens (including phenoxy) is 1. The molecule has 0 unspecified atom stereocenters. The number of allylic oxidation sites excluding steroid dienone is 1. The molecule has 1 aromatic carbocycles. The minimum absolute atomic E-state index is 0.00370. The fourth-order valence-corrected chi connectivity index (χ4v) is 8.72. The molecule has 4 aliphatic rings. The smallest absolute Gasteiger partial charge is 0.326 e. The number of hydrogen-bond donors (Lipinski definition) is 3. The summed E-state index contributed by atoms with van der Waals surface area (Å²) in [7, 11) is 0. The van der Waals surface area contributed by atoms with Gasteiger partial charge in [-0.3, -0.25) is 24.0 Å². The molecule has 0 spiro atoms. The molecule has 10 heteroatoms. The third kappa shape index (κ3) is 5.64. The monoisotopic (exact) mass is 607 g/mol. The lowest BCUT2D eigenvalue weighted by atomic mass is 9.46. The number of amides is 1. The SMILES string of the molecule is C[C@]12CCC(=O)C=C1CC[C@@H]1[C@@H]2C(=O)C[C@@]2(C)[C@H]1CC[C@]2(O)C(=O)COC(=O)CCC(=O)N[C@H](Cc1ccccc1)C(=O)O. The Hall–Kier alpha value is -3.66. The number of esters is 1. The highest BCUT2D eigenvalue weighted by molar-refractivity contribution is 5.95. The molecule has 0 heterocycles. The van der Waals surface area contributed by atoms with Crippen molar-refractivity contribution in [2.75, 3.05) is 6.61 Å². The molecule has 0 bridgehead atoms. The summed E-state index contributed by atoms with van der Waals surface area (Å²) in [5.41, 5.74) is -1.43. The van der Waals surface area contributed by atoms with Gasteiger partial charge in [-0.15, -0.1) is 0 Å². The number of Topliss-reactive ketones (excluding diaryl/α,β-unsaturated/α-hetero) is 2. The van der Waals surface area contributed by atoms with E-state index in [0.717, 1.165) is 24.0 Å². The summed E-state index contributed by atoms with van der Waals surface area (Å²) in [5, 5.41) is 23.7. The largest absolute Gasteiger partial charge is 0.480 e. The van der Waals surface area contributed by atoms with Crippen LogP contribution < -0.4 is 5.32 Å². The van der Waals surface area contributed by atoms with Gasteiger partial charge in [0.05, 0.1) is 6.42 Å².